The molecule has 0 bridgehead atoms. The van der Waals surface area contributed by atoms with Crippen molar-refractivity contribution < 1.29 is 19.1 Å². The van der Waals surface area contributed by atoms with Crippen LogP contribution in [0.15, 0.2) is 24.3 Å². The van der Waals surface area contributed by atoms with Crippen LogP contribution in [-0.2, 0) is 9.59 Å². The number of carbonyl (C=O) groups excluding carboxylic acids is 2. The van der Waals surface area contributed by atoms with Gasteiger partial charge in [0.05, 0.1) is 7.11 Å². The Labute approximate surface area is 135 Å². The molecule has 1 unspecified atom stereocenters. The zero-order valence-electron chi connectivity index (χ0n) is 13.3. The number of amides is 2. The number of nitrogens with zero attached hydrogens (tertiary/aromatic N) is 1. The van der Waals surface area contributed by atoms with E-state index in [2.05, 4.69) is 5.32 Å². The highest BCUT2D eigenvalue weighted by Gasteiger charge is 2.33. The minimum atomic E-state index is -0.339. The summed E-state index contributed by atoms with van der Waals surface area (Å²) in [6.07, 6.45) is 2.70. The molecule has 1 atom stereocenters. The molecule has 0 saturated carbocycles. The van der Waals surface area contributed by atoms with E-state index in [9.17, 15) is 9.59 Å². The van der Waals surface area contributed by atoms with E-state index in [1.165, 1.54) is 0 Å². The van der Waals surface area contributed by atoms with Gasteiger partial charge in [0.1, 0.15) is 12.1 Å². The molecule has 0 radical (unpaired) electrons. The van der Waals surface area contributed by atoms with E-state index in [0.717, 1.165) is 24.3 Å². The molecule has 0 spiro atoms. The Morgan fingerprint density at radius 1 is 1.17 bits per heavy atom. The molecule has 2 aliphatic heterocycles. The van der Waals surface area contributed by atoms with Gasteiger partial charge in [-0.1, -0.05) is 12.1 Å². The van der Waals surface area contributed by atoms with Gasteiger partial charge < -0.3 is 19.7 Å². The molecule has 2 saturated heterocycles. The lowest BCUT2D eigenvalue weighted by molar-refractivity contribution is -0.136. The van der Waals surface area contributed by atoms with Crippen molar-refractivity contribution in [3.05, 3.63) is 24.3 Å². The molecule has 6 nitrogen and oxygen atoms in total. The van der Waals surface area contributed by atoms with Crippen molar-refractivity contribution in [2.75, 3.05) is 20.2 Å². The summed E-state index contributed by atoms with van der Waals surface area (Å²) in [6, 6.07) is 7.25. The molecule has 124 valence electrons. The highest BCUT2D eigenvalue weighted by atomic mass is 16.5. The first-order valence-electron chi connectivity index (χ1n) is 8.05. The Bertz CT molecular complexity index is 582. The molecular weight excluding hydrogens is 296 g/mol. The van der Waals surface area contributed by atoms with Crippen LogP contribution < -0.4 is 14.8 Å². The lowest BCUT2D eigenvalue weighted by Crippen LogP contribution is -2.49. The monoisotopic (exact) mass is 318 g/mol. The van der Waals surface area contributed by atoms with E-state index in [4.69, 9.17) is 9.47 Å². The molecule has 2 amide bonds. The third-order valence-corrected chi connectivity index (χ3v) is 4.41. The summed E-state index contributed by atoms with van der Waals surface area (Å²) in [6.45, 7) is 1.32. The van der Waals surface area contributed by atoms with Gasteiger partial charge in [-0.25, -0.2) is 0 Å². The fourth-order valence-electron chi connectivity index (χ4n) is 3.11. The molecule has 6 heteroatoms. The minimum Gasteiger partial charge on any atom is -0.493 e. The van der Waals surface area contributed by atoms with E-state index in [1.807, 2.05) is 29.2 Å². The van der Waals surface area contributed by atoms with Crippen LogP contribution >= 0.6 is 0 Å². The first kappa shape index (κ1) is 15.6. The number of likely N-dealkylation sites (tertiary alicyclic amines) is 1. The van der Waals surface area contributed by atoms with Crippen molar-refractivity contribution >= 4 is 11.8 Å². The van der Waals surface area contributed by atoms with Crippen molar-refractivity contribution in [3.63, 3.8) is 0 Å². The second kappa shape index (κ2) is 6.89. The Balaban J connectivity index is 1.52. The number of carbonyl (C=O) groups is 2. The van der Waals surface area contributed by atoms with Crippen LogP contribution in [0.25, 0.3) is 0 Å². The van der Waals surface area contributed by atoms with Crippen LogP contribution in [0.3, 0.4) is 0 Å². The molecule has 3 rings (SSSR count). The SMILES string of the molecule is COc1ccccc1OC1CCN(C(=O)C2CCC(=O)N2)CC1. The molecule has 23 heavy (non-hydrogen) atoms. The standard InChI is InChI=1S/C17H22N2O4/c1-22-14-4-2-3-5-15(14)23-12-8-10-19(11-9-12)17(21)13-6-7-16(20)18-13/h2-5,12-13H,6-11H2,1H3,(H,18,20). The van der Waals surface area contributed by atoms with Gasteiger partial charge in [-0.15, -0.1) is 0 Å². The second-order valence-electron chi connectivity index (χ2n) is 5.95. The van der Waals surface area contributed by atoms with Crippen LogP contribution in [0.1, 0.15) is 25.7 Å². The Morgan fingerprint density at radius 2 is 1.87 bits per heavy atom. The molecule has 1 aromatic rings. The number of piperidine rings is 1. The van der Waals surface area contributed by atoms with Gasteiger partial charge in [-0.2, -0.15) is 0 Å². The summed E-state index contributed by atoms with van der Waals surface area (Å²) in [5, 5.41) is 2.74. The first-order chi connectivity index (χ1) is 11.2. The predicted octanol–water partition coefficient (Wildman–Crippen LogP) is 1.34. The number of benzene rings is 1. The highest BCUT2D eigenvalue weighted by Crippen LogP contribution is 2.29. The van der Waals surface area contributed by atoms with Crippen molar-refractivity contribution in [2.24, 2.45) is 0 Å². The van der Waals surface area contributed by atoms with Crippen molar-refractivity contribution in [2.45, 2.75) is 37.8 Å². The fraction of sp³-hybridized carbons (Fsp3) is 0.529. The van der Waals surface area contributed by atoms with E-state index in [0.29, 0.717) is 25.9 Å². The smallest absolute Gasteiger partial charge is 0.245 e. The number of nitrogens with one attached hydrogen (secondary N) is 1. The summed E-state index contributed by atoms with van der Waals surface area (Å²) < 4.78 is 11.3. The Kier molecular flexibility index (Phi) is 4.69. The summed E-state index contributed by atoms with van der Waals surface area (Å²) >= 11 is 0. The van der Waals surface area contributed by atoms with Gasteiger partial charge in [-0.05, 0) is 18.6 Å². The van der Waals surface area contributed by atoms with Crippen molar-refractivity contribution in [1.29, 1.82) is 0 Å². The molecule has 0 aromatic heterocycles. The maximum absolute atomic E-state index is 12.4. The number of ether oxygens (including phenoxy) is 2. The average molecular weight is 318 g/mol. The van der Waals surface area contributed by atoms with Gasteiger partial charge in [0.2, 0.25) is 11.8 Å². The van der Waals surface area contributed by atoms with Crippen LogP contribution in [0.4, 0.5) is 0 Å². The normalized spacial score (nSPS) is 21.9. The van der Waals surface area contributed by atoms with E-state index in [1.54, 1.807) is 7.11 Å². The minimum absolute atomic E-state index is 0.0299. The molecule has 2 fully saturated rings. The maximum Gasteiger partial charge on any atom is 0.245 e. The van der Waals surface area contributed by atoms with Crippen LogP contribution in [0, 0.1) is 0 Å². The average Bonchev–Trinajstić information content (AvgIpc) is 3.02. The second-order valence-corrected chi connectivity index (χ2v) is 5.95. The largest absolute Gasteiger partial charge is 0.493 e. The summed E-state index contributed by atoms with van der Waals surface area (Å²) in [5.74, 6) is 1.46. The summed E-state index contributed by atoms with van der Waals surface area (Å²) in [5.41, 5.74) is 0. The quantitative estimate of drug-likeness (QED) is 0.910. The molecule has 2 heterocycles. The van der Waals surface area contributed by atoms with Gasteiger partial charge >= 0.3 is 0 Å². The predicted molar refractivity (Wildman–Crippen MR) is 84.4 cm³/mol. The highest BCUT2D eigenvalue weighted by molar-refractivity contribution is 5.90. The van der Waals surface area contributed by atoms with E-state index < -0.39 is 0 Å². The molecular formula is C17H22N2O4. The maximum atomic E-state index is 12.4. The van der Waals surface area contributed by atoms with Crippen LogP contribution in [-0.4, -0.2) is 49.1 Å². The van der Waals surface area contributed by atoms with Gasteiger partial charge in [-0.3, -0.25) is 9.59 Å². The van der Waals surface area contributed by atoms with E-state index in [-0.39, 0.29) is 24.0 Å². The number of methoxy groups -OCH3 is 1. The number of hydrogen-bond acceptors (Lipinski definition) is 4. The Morgan fingerprint density at radius 3 is 2.48 bits per heavy atom. The summed E-state index contributed by atoms with van der Waals surface area (Å²) in [7, 11) is 1.62. The van der Waals surface area contributed by atoms with Crippen LogP contribution in [0.2, 0.25) is 0 Å². The molecule has 0 aliphatic carbocycles. The number of rotatable bonds is 4. The third kappa shape index (κ3) is 3.57. The first-order valence-corrected chi connectivity index (χ1v) is 8.05. The van der Waals surface area contributed by atoms with Gasteiger partial charge in [0, 0.05) is 32.4 Å². The topological polar surface area (TPSA) is 67.9 Å². The number of hydrogen-bond donors (Lipinski definition) is 1. The number of para-hydroxylation sites is 2. The van der Waals surface area contributed by atoms with Gasteiger partial charge in [0.25, 0.3) is 0 Å². The Hall–Kier alpha value is -2.24. The fourth-order valence-corrected chi connectivity index (χ4v) is 3.11. The zero-order valence-corrected chi connectivity index (χ0v) is 13.3. The lowest BCUT2D eigenvalue weighted by atomic mass is 10.1. The lowest BCUT2D eigenvalue weighted by Gasteiger charge is -2.33. The summed E-state index contributed by atoms with van der Waals surface area (Å²) in [4.78, 5) is 25.4. The van der Waals surface area contributed by atoms with Crippen molar-refractivity contribution in [1.82, 2.24) is 10.2 Å². The molecule has 1 N–H and O–H groups in total. The molecule has 2 aliphatic rings. The zero-order chi connectivity index (χ0) is 16.2. The van der Waals surface area contributed by atoms with E-state index >= 15 is 0 Å². The molecule has 1 aromatic carbocycles. The van der Waals surface area contributed by atoms with Crippen LogP contribution in [0.5, 0.6) is 11.5 Å². The van der Waals surface area contributed by atoms with Crippen molar-refractivity contribution in [3.8, 4) is 11.5 Å². The van der Waals surface area contributed by atoms with Gasteiger partial charge in [0.15, 0.2) is 11.5 Å². The third-order valence-electron chi connectivity index (χ3n) is 4.41.